The first kappa shape index (κ1) is 19.5. The molecule has 0 spiro atoms. The molecule has 0 radical (unpaired) electrons. The van der Waals surface area contributed by atoms with E-state index in [1.165, 1.54) is 4.90 Å². The van der Waals surface area contributed by atoms with Crippen LogP contribution in [-0.4, -0.2) is 47.1 Å². The molecule has 1 aliphatic heterocycles. The van der Waals surface area contributed by atoms with Crippen molar-refractivity contribution in [3.63, 3.8) is 0 Å². The topological polar surface area (TPSA) is 95.9 Å². The smallest absolute Gasteiger partial charge is 0.405 e. The summed E-state index contributed by atoms with van der Waals surface area (Å²) >= 11 is 0. The van der Waals surface area contributed by atoms with Crippen LogP contribution in [0.4, 0.5) is 4.79 Å². The lowest BCUT2D eigenvalue weighted by Crippen LogP contribution is -2.51. The van der Waals surface area contributed by atoms with Gasteiger partial charge in [0.15, 0.2) is 0 Å². The van der Waals surface area contributed by atoms with Gasteiger partial charge >= 0.3 is 12.1 Å². The molecule has 1 aromatic rings. The van der Waals surface area contributed by atoms with E-state index in [1.54, 1.807) is 26.1 Å². The maximum absolute atomic E-state index is 12.8. The van der Waals surface area contributed by atoms with Gasteiger partial charge in [-0.3, -0.25) is 9.59 Å². The average molecular weight is 360 g/mol. The minimum Gasteiger partial charge on any atom is -0.465 e. The van der Waals surface area contributed by atoms with E-state index < -0.39 is 24.3 Å². The second-order valence-corrected chi connectivity index (χ2v) is 6.26. The van der Waals surface area contributed by atoms with Crippen LogP contribution in [0.3, 0.4) is 0 Å². The van der Waals surface area contributed by atoms with Crippen molar-refractivity contribution in [3.8, 4) is 0 Å². The van der Waals surface area contributed by atoms with Gasteiger partial charge in [0.05, 0.1) is 6.04 Å². The van der Waals surface area contributed by atoms with Crippen molar-refractivity contribution >= 4 is 18.0 Å². The molecule has 140 valence electrons. The van der Waals surface area contributed by atoms with Crippen LogP contribution in [0.2, 0.25) is 0 Å². The molecule has 1 heterocycles. The first-order chi connectivity index (χ1) is 12.4. The number of cyclic esters (lactones) is 1. The van der Waals surface area contributed by atoms with Crippen molar-refractivity contribution in [3.05, 3.63) is 48.0 Å². The number of esters is 1. The molecule has 3 atom stereocenters. The molecule has 0 fully saturated rings. The highest BCUT2D eigenvalue weighted by Crippen LogP contribution is 2.26. The number of benzene rings is 1. The number of likely N-dealkylation sites (N-methyl/N-ethyl adjacent to an activating group) is 1. The maximum atomic E-state index is 12.8. The van der Waals surface area contributed by atoms with Crippen LogP contribution in [0.1, 0.15) is 37.9 Å². The number of nitrogens with one attached hydrogen (secondary N) is 1. The first-order valence-corrected chi connectivity index (χ1v) is 8.55. The Morgan fingerprint density at radius 2 is 1.92 bits per heavy atom. The number of amides is 2. The SMILES string of the molecule is C[C@H]1[C@H](c2ccccc2)OC(=O)CCC=CC[C@@H](NC(=O)O)C(=O)N1C. The highest BCUT2D eigenvalue weighted by molar-refractivity contribution is 5.85. The Morgan fingerprint density at radius 1 is 1.23 bits per heavy atom. The number of hydrogen-bond donors (Lipinski definition) is 2. The van der Waals surface area contributed by atoms with E-state index in [1.807, 2.05) is 30.3 Å². The van der Waals surface area contributed by atoms with Crippen LogP contribution >= 0.6 is 0 Å². The molecule has 2 rings (SSSR count). The quantitative estimate of drug-likeness (QED) is 0.624. The second-order valence-electron chi connectivity index (χ2n) is 6.26. The number of carboxylic acid groups (broad SMARTS) is 1. The van der Waals surface area contributed by atoms with Crippen molar-refractivity contribution in [2.75, 3.05) is 7.05 Å². The van der Waals surface area contributed by atoms with Crippen LogP contribution in [-0.2, 0) is 14.3 Å². The molecular weight excluding hydrogens is 336 g/mol. The molecule has 26 heavy (non-hydrogen) atoms. The molecule has 1 aromatic carbocycles. The lowest BCUT2D eigenvalue weighted by molar-refractivity contribution is -0.155. The van der Waals surface area contributed by atoms with Gasteiger partial charge in [-0.15, -0.1) is 0 Å². The third-order valence-electron chi connectivity index (χ3n) is 4.43. The molecule has 2 amide bonds. The molecule has 1 aliphatic rings. The third kappa shape index (κ3) is 5.08. The standard InChI is InChI=1S/C19H24N2O5/c1-13-17(14-9-5-3-6-10-14)26-16(22)12-8-4-7-11-15(20-19(24)25)18(23)21(13)2/h3-7,9-10,13,15,17,20H,8,11-12H2,1-2H3,(H,24,25)/t13-,15+,17+/m0/s1. The largest absolute Gasteiger partial charge is 0.465 e. The van der Waals surface area contributed by atoms with E-state index in [2.05, 4.69) is 5.32 Å². The van der Waals surface area contributed by atoms with Crippen molar-refractivity contribution in [2.24, 2.45) is 0 Å². The van der Waals surface area contributed by atoms with Gasteiger partial charge in [-0.1, -0.05) is 42.5 Å². The Bertz CT molecular complexity index is 674. The fourth-order valence-corrected chi connectivity index (χ4v) is 2.86. The summed E-state index contributed by atoms with van der Waals surface area (Å²) in [6.45, 7) is 1.78. The van der Waals surface area contributed by atoms with Crippen molar-refractivity contribution in [1.82, 2.24) is 10.2 Å². The molecule has 0 saturated heterocycles. The number of carbonyl (C=O) groups excluding carboxylic acids is 2. The second kappa shape index (κ2) is 9.03. The molecule has 0 bridgehead atoms. The molecule has 0 unspecified atom stereocenters. The normalized spacial score (nSPS) is 25.0. The first-order valence-electron chi connectivity index (χ1n) is 8.55. The van der Waals surface area contributed by atoms with Gasteiger partial charge in [-0.05, 0) is 25.3 Å². The monoisotopic (exact) mass is 360 g/mol. The lowest BCUT2D eigenvalue weighted by atomic mass is 10.0. The molecule has 7 nitrogen and oxygen atoms in total. The van der Waals surface area contributed by atoms with Gasteiger partial charge in [-0.25, -0.2) is 4.79 Å². The van der Waals surface area contributed by atoms with E-state index in [-0.39, 0.29) is 24.7 Å². The molecule has 0 aliphatic carbocycles. The number of hydrogen-bond acceptors (Lipinski definition) is 4. The summed E-state index contributed by atoms with van der Waals surface area (Å²) in [7, 11) is 1.59. The number of nitrogens with zero attached hydrogens (tertiary/aromatic N) is 1. The zero-order valence-electron chi connectivity index (χ0n) is 14.9. The van der Waals surface area contributed by atoms with E-state index in [9.17, 15) is 14.4 Å². The van der Waals surface area contributed by atoms with Gasteiger partial charge in [0.1, 0.15) is 12.1 Å². The van der Waals surface area contributed by atoms with Crippen molar-refractivity contribution in [1.29, 1.82) is 0 Å². The minimum atomic E-state index is -1.25. The lowest BCUT2D eigenvalue weighted by Gasteiger charge is -2.34. The minimum absolute atomic E-state index is 0.223. The predicted molar refractivity (Wildman–Crippen MR) is 95.4 cm³/mol. The van der Waals surface area contributed by atoms with E-state index >= 15 is 0 Å². The summed E-state index contributed by atoms with van der Waals surface area (Å²) in [4.78, 5) is 37.4. The zero-order valence-corrected chi connectivity index (χ0v) is 14.9. The Morgan fingerprint density at radius 3 is 2.58 bits per heavy atom. The average Bonchev–Trinajstić information content (AvgIpc) is 2.62. The Kier molecular flexibility index (Phi) is 6.77. The number of allylic oxidation sites excluding steroid dienone is 1. The number of carbonyl (C=O) groups is 3. The Labute approximate surface area is 152 Å². The van der Waals surface area contributed by atoms with Crippen LogP contribution in [0, 0.1) is 0 Å². The Balaban J connectivity index is 2.34. The highest BCUT2D eigenvalue weighted by Gasteiger charge is 2.32. The van der Waals surface area contributed by atoms with Gasteiger partial charge < -0.3 is 20.1 Å². The van der Waals surface area contributed by atoms with Crippen LogP contribution in [0.25, 0.3) is 0 Å². The molecular formula is C19H24N2O5. The molecule has 0 saturated carbocycles. The summed E-state index contributed by atoms with van der Waals surface area (Å²) < 4.78 is 5.65. The number of ether oxygens (including phenoxy) is 1. The highest BCUT2D eigenvalue weighted by atomic mass is 16.5. The van der Waals surface area contributed by atoms with E-state index in [4.69, 9.17) is 9.84 Å². The summed E-state index contributed by atoms with van der Waals surface area (Å²) in [5.74, 6) is -0.709. The van der Waals surface area contributed by atoms with Gasteiger partial charge in [0.2, 0.25) is 5.91 Å². The summed E-state index contributed by atoms with van der Waals surface area (Å²) in [5.41, 5.74) is 0.781. The predicted octanol–water partition coefficient (Wildman–Crippen LogP) is 2.49. The van der Waals surface area contributed by atoms with Crippen molar-refractivity contribution in [2.45, 2.75) is 44.4 Å². The number of rotatable bonds is 2. The summed E-state index contributed by atoms with van der Waals surface area (Å²) in [5, 5.41) is 11.3. The van der Waals surface area contributed by atoms with E-state index in [0.29, 0.717) is 6.42 Å². The molecule has 0 aromatic heterocycles. The summed E-state index contributed by atoms with van der Waals surface area (Å²) in [6.07, 6.45) is 2.50. The van der Waals surface area contributed by atoms with Crippen LogP contribution in [0.15, 0.2) is 42.5 Å². The molecule has 2 N–H and O–H groups in total. The van der Waals surface area contributed by atoms with Gasteiger partial charge in [0.25, 0.3) is 0 Å². The fraction of sp³-hybridized carbons (Fsp3) is 0.421. The fourth-order valence-electron chi connectivity index (χ4n) is 2.86. The van der Waals surface area contributed by atoms with Gasteiger partial charge in [-0.2, -0.15) is 0 Å². The Hall–Kier alpha value is -2.83. The van der Waals surface area contributed by atoms with Crippen molar-refractivity contribution < 1.29 is 24.2 Å². The molecule has 7 heteroatoms. The van der Waals surface area contributed by atoms with Gasteiger partial charge in [0, 0.05) is 13.5 Å². The van der Waals surface area contributed by atoms with Crippen LogP contribution in [0.5, 0.6) is 0 Å². The summed E-state index contributed by atoms with van der Waals surface area (Å²) in [6, 6.07) is 7.86. The maximum Gasteiger partial charge on any atom is 0.405 e. The van der Waals surface area contributed by atoms with E-state index in [0.717, 1.165) is 5.56 Å². The third-order valence-corrected chi connectivity index (χ3v) is 4.43. The van der Waals surface area contributed by atoms with Crippen LogP contribution < -0.4 is 5.32 Å². The zero-order chi connectivity index (χ0) is 19.1.